The highest BCUT2D eigenvalue weighted by atomic mass is 32.2. The van der Waals surface area contributed by atoms with Crippen molar-refractivity contribution in [2.75, 3.05) is 0 Å². The van der Waals surface area contributed by atoms with Crippen molar-refractivity contribution in [1.29, 1.82) is 0 Å². The van der Waals surface area contributed by atoms with Gasteiger partial charge in [0.05, 0.1) is 4.08 Å². The third-order valence-electron chi connectivity index (χ3n) is 4.09. The smallest absolute Gasteiger partial charge is 0.121 e. The zero-order chi connectivity index (χ0) is 17.4. The number of hydrogen-bond acceptors (Lipinski definition) is 3. The molecule has 0 spiro atoms. The summed E-state index contributed by atoms with van der Waals surface area (Å²) in [6.07, 6.45) is 0. The molecule has 0 radical (unpaired) electrons. The molecule has 1 nitrogen and oxygen atoms in total. The van der Waals surface area contributed by atoms with Gasteiger partial charge in [-0.05, 0) is 101 Å². The number of phenols is 1. The summed E-state index contributed by atoms with van der Waals surface area (Å²) in [4.78, 5) is 2.52. The van der Waals surface area contributed by atoms with Gasteiger partial charge in [0, 0.05) is 9.79 Å². The Morgan fingerprint density at radius 1 is 0.696 bits per heavy atom. The van der Waals surface area contributed by atoms with E-state index in [0.29, 0.717) is 5.75 Å². The molecule has 23 heavy (non-hydrogen) atoms. The van der Waals surface area contributed by atoms with Crippen LogP contribution in [0.25, 0.3) is 0 Å². The van der Waals surface area contributed by atoms with Gasteiger partial charge < -0.3 is 5.11 Å². The maximum atomic E-state index is 9.94. The molecule has 0 aliphatic heterocycles. The molecule has 0 unspecified atom stereocenters. The number of aryl methyl sites for hydroxylation is 4. The molecule has 0 saturated carbocycles. The third kappa shape index (κ3) is 4.48. The summed E-state index contributed by atoms with van der Waals surface area (Å²) in [5.41, 5.74) is 5.96. The average Bonchev–Trinajstić information content (AvgIpc) is 2.41. The lowest BCUT2D eigenvalue weighted by atomic mass is 10.1. The van der Waals surface area contributed by atoms with Crippen LogP contribution in [0.3, 0.4) is 0 Å². The van der Waals surface area contributed by atoms with E-state index in [1.165, 1.54) is 26.5 Å². The maximum absolute atomic E-state index is 9.94. The number of thioether (sulfide) groups is 2. The fraction of sp³-hybridized carbons (Fsp3) is 0.400. The third-order valence-corrected chi connectivity index (χ3v) is 6.52. The van der Waals surface area contributed by atoms with Crippen LogP contribution in [0.15, 0.2) is 34.1 Å². The van der Waals surface area contributed by atoms with Gasteiger partial charge in [-0.1, -0.05) is 0 Å². The van der Waals surface area contributed by atoms with Gasteiger partial charge in [-0.3, -0.25) is 0 Å². The van der Waals surface area contributed by atoms with Gasteiger partial charge >= 0.3 is 0 Å². The highest BCUT2D eigenvalue weighted by molar-refractivity contribution is 8.18. The summed E-state index contributed by atoms with van der Waals surface area (Å²) in [5, 5.41) is 9.94. The van der Waals surface area contributed by atoms with Crippen LogP contribution in [0.5, 0.6) is 5.75 Å². The van der Waals surface area contributed by atoms with Crippen molar-refractivity contribution in [3.8, 4) is 5.75 Å². The summed E-state index contributed by atoms with van der Waals surface area (Å²) >= 11 is 3.74. The van der Waals surface area contributed by atoms with Gasteiger partial charge in [-0.15, -0.1) is 23.5 Å². The first-order chi connectivity index (χ1) is 10.6. The molecule has 124 valence electrons. The lowest BCUT2D eigenvalue weighted by molar-refractivity contribution is 0.466. The van der Waals surface area contributed by atoms with E-state index >= 15 is 0 Å². The topological polar surface area (TPSA) is 20.2 Å². The molecule has 0 atom stereocenters. The number of rotatable bonds is 4. The Morgan fingerprint density at radius 3 is 1.43 bits per heavy atom. The van der Waals surface area contributed by atoms with Crippen LogP contribution < -0.4 is 0 Å². The fourth-order valence-electron chi connectivity index (χ4n) is 2.62. The summed E-state index contributed by atoms with van der Waals surface area (Å²) < 4.78 is 0.0178. The molecule has 0 aliphatic carbocycles. The van der Waals surface area contributed by atoms with Gasteiger partial charge in [-0.2, -0.15) is 0 Å². The molecule has 0 saturated heterocycles. The van der Waals surface area contributed by atoms with E-state index in [1.54, 1.807) is 0 Å². The second-order valence-electron chi connectivity index (χ2n) is 6.69. The van der Waals surface area contributed by atoms with Gasteiger partial charge in [0.2, 0.25) is 0 Å². The molecule has 2 aromatic rings. The molecule has 0 fully saturated rings. The van der Waals surface area contributed by atoms with E-state index in [-0.39, 0.29) is 4.08 Å². The Hall–Kier alpha value is -1.06. The minimum atomic E-state index is 0.0178. The van der Waals surface area contributed by atoms with Crippen LogP contribution in [0.4, 0.5) is 0 Å². The number of benzene rings is 2. The zero-order valence-electron chi connectivity index (χ0n) is 15.1. The summed E-state index contributed by atoms with van der Waals surface area (Å²) in [6, 6.07) is 8.70. The SMILES string of the molecule is Cc1cc(SC(C)(C)Sc2cc(C)c(O)c(C)c2)cc(C)c1C. The van der Waals surface area contributed by atoms with E-state index in [0.717, 1.165) is 11.1 Å². The molecule has 2 rings (SSSR count). The Labute approximate surface area is 148 Å². The number of aromatic hydroxyl groups is 1. The summed E-state index contributed by atoms with van der Waals surface area (Å²) in [6.45, 7) is 15.0. The molecule has 0 aromatic heterocycles. The predicted octanol–water partition coefficient (Wildman–Crippen LogP) is 6.55. The quantitative estimate of drug-likeness (QED) is 0.500. The van der Waals surface area contributed by atoms with Gasteiger partial charge in [0.15, 0.2) is 0 Å². The van der Waals surface area contributed by atoms with Gasteiger partial charge in [0.1, 0.15) is 5.75 Å². The molecule has 1 N–H and O–H groups in total. The maximum Gasteiger partial charge on any atom is 0.121 e. The molecule has 0 heterocycles. The molecular weight excluding hydrogens is 320 g/mol. The zero-order valence-corrected chi connectivity index (χ0v) is 16.7. The Morgan fingerprint density at radius 2 is 1.04 bits per heavy atom. The first-order valence-electron chi connectivity index (χ1n) is 7.85. The first kappa shape index (κ1) is 18.3. The van der Waals surface area contributed by atoms with Crippen molar-refractivity contribution in [3.05, 3.63) is 52.1 Å². The second-order valence-corrected chi connectivity index (χ2v) is 10.3. The predicted molar refractivity (Wildman–Crippen MR) is 104 cm³/mol. The Kier molecular flexibility index (Phi) is 5.42. The Balaban J connectivity index is 2.22. The highest BCUT2D eigenvalue weighted by Crippen LogP contribution is 2.46. The number of phenolic OH excluding ortho intramolecular Hbond substituents is 1. The standard InChI is InChI=1S/C20H26OS2/c1-12-8-17(9-13(2)16(12)5)22-20(6,7)23-18-10-14(3)19(21)15(4)11-18/h8-11,21H,1-7H3. The van der Waals surface area contributed by atoms with Crippen LogP contribution in [0.1, 0.15) is 41.7 Å². The van der Waals surface area contributed by atoms with Crippen LogP contribution in [-0.4, -0.2) is 9.19 Å². The van der Waals surface area contributed by atoms with Crippen molar-refractivity contribution < 1.29 is 5.11 Å². The lowest BCUT2D eigenvalue weighted by Crippen LogP contribution is -2.08. The van der Waals surface area contributed by atoms with Crippen molar-refractivity contribution in [2.45, 2.75) is 62.3 Å². The lowest BCUT2D eigenvalue weighted by Gasteiger charge is -2.25. The molecular formula is C20H26OS2. The van der Waals surface area contributed by atoms with E-state index in [4.69, 9.17) is 0 Å². The largest absolute Gasteiger partial charge is 0.507 e. The molecule has 0 aliphatic rings. The van der Waals surface area contributed by atoms with E-state index in [1.807, 2.05) is 37.4 Å². The molecule has 0 amide bonds. The average molecular weight is 347 g/mol. The van der Waals surface area contributed by atoms with Crippen molar-refractivity contribution in [3.63, 3.8) is 0 Å². The van der Waals surface area contributed by atoms with Crippen LogP contribution in [0, 0.1) is 34.6 Å². The van der Waals surface area contributed by atoms with Crippen LogP contribution >= 0.6 is 23.5 Å². The van der Waals surface area contributed by atoms with Gasteiger partial charge in [0.25, 0.3) is 0 Å². The minimum Gasteiger partial charge on any atom is -0.507 e. The van der Waals surface area contributed by atoms with Gasteiger partial charge in [-0.25, -0.2) is 0 Å². The minimum absolute atomic E-state index is 0.0178. The second kappa shape index (κ2) is 6.82. The molecule has 2 aromatic carbocycles. The Bertz CT molecular complexity index is 625. The van der Waals surface area contributed by atoms with E-state index in [2.05, 4.69) is 58.9 Å². The van der Waals surface area contributed by atoms with Crippen LogP contribution in [0.2, 0.25) is 0 Å². The fourth-order valence-corrected chi connectivity index (χ4v) is 5.44. The van der Waals surface area contributed by atoms with Crippen LogP contribution in [-0.2, 0) is 0 Å². The monoisotopic (exact) mass is 346 g/mol. The summed E-state index contributed by atoms with van der Waals surface area (Å²) in [5.74, 6) is 0.407. The van der Waals surface area contributed by atoms with Crippen molar-refractivity contribution in [2.24, 2.45) is 0 Å². The number of hydrogen-bond donors (Lipinski definition) is 1. The van der Waals surface area contributed by atoms with E-state index in [9.17, 15) is 5.11 Å². The molecule has 0 bridgehead atoms. The van der Waals surface area contributed by atoms with E-state index < -0.39 is 0 Å². The highest BCUT2D eigenvalue weighted by Gasteiger charge is 2.22. The normalized spacial score (nSPS) is 11.8. The molecule has 3 heteroatoms. The van der Waals surface area contributed by atoms with Crippen molar-refractivity contribution in [1.82, 2.24) is 0 Å². The first-order valence-corrected chi connectivity index (χ1v) is 9.48. The summed E-state index contributed by atoms with van der Waals surface area (Å²) in [7, 11) is 0. The van der Waals surface area contributed by atoms with Crippen molar-refractivity contribution >= 4 is 23.5 Å².